The molecular weight excluding hydrogens is 422 g/mol. The van der Waals surface area contributed by atoms with E-state index in [0.29, 0.717) is 24.7 Å². The van der Waals surface area contributed by atoms with Crippen LogP contribution in [-0.4, -0.2) is 44.5 Å². The number of carbonyl (C=O) groups excluding carboxylic acids is 2. The number of anilines is 1. The summed E-state index contributed by atoms with van der Waals surface area (Å²) in [7, 11) is 0. The second kappa shape index (κ2) is 18.0. The summed E-state index contributed by atoms with van der Waals surface area (Å²) in [4.78, 5) is 24.1. The van der Waals surface area contributed by atoms with Crippen LogP contribution >= 0.6 is 0 Å². The van der Waals surface area contributed by atoms with Gasteiger partial charge in [0.1, 0.15) is 12.4 Å². The number of esters is 2. The minimum atomic E-state index is -0.732. The van der Waals surface area contributed by atoms with Crippen LogP contribution < -0.4 is 10.1 Å². The molecule has 1 aromatic rings. The Morgan fingerprint density at radius 1 is 0.909 bits per heavy atom. The normalized spacial score (nSPS) is 11.4. The Morgan fingerprint density at radius 2 is 1.64 bits per heavy atom. The van der Waals surface area contributed by atoms with Gasteiger partial charge in [0.05, 0.1) is 25.9 Å². The van der Waals surface area contributed by atoms with Crippen LogP contribution in [0, 0.1) is 0 Å². The highest BCUT2D eigenvalue weighted by molar-refractivity contribution is 6.14. The van der Waals surface area contributed by atoms with Crippen LogP contribution in [-0.2, 0) is 23.8 Å². The van der Waals surface area contributed by atoms with Gasteiger partial charge in [-0.2, -0.15) is 0 Å². The van der Waals surface area contributed by atoms with Crippen molar-refractivity contribution in [1.29, 1.82) is 0 Å². The zero-order valence-electron chi connectivity index (χ0n) is 20.7. The molecule has 0 amide bonds. The topological polar surface area (TPSA) is 83.1 Å². The molecule has 7 heteroatoms. The predicted octanol–water partition coefficient (Wildman–Crippen LogP) is 5.64. The van der Waals surface area contributed by atoms with Crippen LogP contribution in [0.2, 0.25) is 0 Å². The molecule has 0 aliphatic heterocycles. The molecule has 0 aromatic heterocycles. The van der Waals surface area contributed by atoms with Crippen molar-refractivity contribution in [3.63, 3.8) is 0 Å². The third-order valence-corrected chi connectivity index (χ3v) is 4.90. The van der Waals surface area contributed by atoms with E-state index in [1.54, 1.807) is 26.0 Å². The summed E-state index contributed by atoms with van der Waals surface area (Å²) in [6, 6.07) is 7.27. The van der Waals surface area contributed by atoms with E-state index < -0.39 is 11.9 Å². The first kappa shape index (κ1) is 28.5. The molecule has 0 aliphatic rings. The summed E-state index contributed by atoms with van der Waals surface area (Å²) in [6.45, 7) is 9.07. The summed E-state index contributed by atoms with van der Waals surface area (Å²) in [5.41, 5.74) is 0.471. The third-order valence-electron chi connectivity index (χ3n) is 4.90. The molecule has 1 atom stereocenters. The summed E-state index contributed by atoms with van der Waals surface area (Å²) >= 11 is 0. The van der Waals surface area contributed by atoms with Crippen LogP contribution in [0.15, 0.2) is 36.0 Å². The smallest absolute Gasteiger partial charge is 0.347 e. The van der Waals surface area contributed by atoms with Gasteiger partial charge in [0.15, 0.2) is 5.57 Å². The van der Waals surface area contributed by atoms with Crippen molar-refractivity contribution in [3.05, 3.63) is 36.0 Å². The molecule has 1 N–H and O–H groups in total. The lowest BCUT2D eigenvalue weighted by Crippen LogP contribution is -2.19. The molecule has 186 valence electrons. The largest absolute Gasteiger partial charge is 0.491 e. The maximum Gasteiger partial charge on any atom is 0.347 e. The average molecular weight is 464 g/mol. The van der Waals surface area contributed by atoms with Gasteiger partial charge in [0.25, 0.3) is 0 Å². The highest BCUT2D eigenvalue weighted by Gasteiger charge is 2.20. The van der Waals surface area contributed by atoms with E-state index in [9.17, 15) is 9.59 Å². The number of hydrogen-bond donors (Lipinski definition) is 1. The second-order valence-electron chi connectivity index (χ2n) is 7.65. The standard InChI is InChI=1S/C26H41NO6/c1-5-9-10-11-15-22(13-6-2)32-17-18-33-23-16-12-14-21(19-23)27-20-24(25(28)30-7-3)26(29)31-8-4/h12,14,16,19-20,22,27H,5-11,13,15,17-18H2,1-4H3. The number of carbonyl (C=O) groups is 2. The second-order valence-corrected chi connectivity index (χ2v) is 7.65. The Hall–Kier alpha value is -2.54. The summed E-state index contributed by atoms with van der Waals surface area (Å²) < 4.78 is 21.7. The molecule has 1 unspecified atom stereocenters. The van der Waals surface area contributed by atoms with Gasteiger partial charge in [-0.3, -0.25) is 0 Å². The fourth-order valence-corrected chi connectivity index (χ4v) is 3.26. The fourth-order valence-electron chi connectivity index (χ4n) is 3.26. The van der Waals surface area contributed by atoms with Crippen molar-refractivity contribution in [3.8, 4) is 5.75 Å². The fraction of sp³-hybridized carbons (Fsp3) is 0.615. The first-order valence-corrected chi connectivity index (χ1v) is 12.2. The van der Waals surface area contributed by atoms with Gasteiger partial charge in [-0.25, -0.2) is 9.59 Å². The van der Waals surface area contributed by atoms with Gasteiger partial charge in [0, 0.05) is 18.0 Å². The lowest BCUT2D eigenvalue weighted by Gasteiger charge is -2.17. The summed E-state index contributed by atoms with van der Waals surface area (Å²) in [5.74, 6) is -0.797. The Bertz CT molecular complexity index is 698. The number of benzene rings is 1. The van der Waals surface area contributed by atoms with Crippen molar-refractivity contribution in [2.45, 2.75) is 78.7 Å². The van der Waals surface area contributed by atoms with E-state index in [1.807, 2.05) is 12.1 Å². The average Bonchev–Trinajstić information content (AvgIpc) is 2.80. The SMILES string of the molecule is CCCCCCC(CCC)OCCOc1cccc(NC=C(C(=O)OCC)C(=O)OCC)c1. The van der Waals surface area contributed by atoms with Crippen molar-refractivity contribution in [2.24, 2.45) is 0 Å². The Balaban J connectivity index is 2.58. The predicted molar refractivity (Wildman–Crippen MR) is 130 cm³/mol. The third kappa shape index (κ3) is 12.3. The lowest BCUT2D eigenvalue weighted by atomic mass is 10.1. The van der Waals surface area contributed by atoms with E-state index >= 15 is 0 Å². The zero-order valence-corrected chi connectivity index (χ0v) is 20.7. The highest BCUT2D eigenvalue weighted by Crippen LogP contribution is 2.18. The van der Waals surface area contributed by atoms with E-state index in [-0.39, 0.29) is 24.9 Å². The maximum atomic E-state index is 12.1. The molecule has 0 heterocycles. The molecule has 0 saturated heterocycles. The number of ether oxygens (including phenoxy) is 4. The van der Waals surface area contributed by atoms with Gasteiger partial charge in [-0.05, 0) is 38.8 Å². The van der Waals surface area contributed by atoms with Crippen molar-refractivity contribution >= 4 is 17.6 Å². The molecule has 0 aliphatic carbocycles. The molecule has 33 heavy (non-hydrogen) atoms. The molecular formula is C26H41NO6. The van der Waals surface area contributed by atoms with Gasteiger partial charge in [-0.15, -0.1) is 0 Å². The summed E-state index contributed by atoms with van der Waals surface area (Å²) in [5, 5.41) is 2.95. The van der Waals surface area contributed by atoms with E-state index in [2.05, 4.69) is 19.2 Å². The quantitative estimate of drug-likeness (QED) is 0.0991. The number of hydrogen-bond acceptors (Lipinski definition) is 7. The van der Waals surface area contributed by atoms with E-state index in [0.717, 1.165) is 19.3 Å². The molecule has 7 nitrogen and oxygen atoms in total. The number of nitrogens with one attached hydrogen (secondary N) is 1. The monoisotopic (exact) mass is 463 g/mol. The first-order chi connectivity index (χ1) is 16.0. The lowest BCUT2D eigenvalue weighted by molar-refractivity contribution is -0.146. The first-order valence-electron chi connectivity index (χ1n) is 12.2. The van der Waals surface area contributed by atoms with Crippen molar-refractivity contribution in [1.82, 2.24) is 0 Å². The molecule has 0 fully saturated rings. The zero-order chi connectivity index (χ0) is 24.3. The van der Waals surface area contributed by atoms with Crippen molar-refractivity contribution in [2.75, 3.05) is 31.7 Å². The molecule has 1 rings (SSSR count). The van der Waals surface area contributed by atoms with Crippen molar-refractivity contribution < 1.29 is 28.5 Å². The van der Waals surface area contributed by atoms with Gasteiger partial charge in [-0.1, -0.05) is 52.0 Å². The number of unbranched alkanes of at least 4 members (excludes halogenated alkanes) is 3. The minimum Gasteiger partial charge on any atom is -0.491 e. The molecule has 0 spiro atoms. The summed E-state index contributed by atoms with van der Waals surface area (Å²) in [6.07, 6.45) is 9.86. The molecule has 0 radical (unpaired) electrons. The van der Waals surface area contributed by atoms with E-state index in [1.165, 1.54) is 31.9 Å². The van der Waals surface area contributed by atoms with Gasteiger partial charge < -0.3 is 24.3 Å². The molecule has 0 saturated carbocycles. The van der Waals surface area contributed by atoms with Gasteiger partial charge >= 0.3 is 11.9 Å². The Kier molecular flexibility index (Phi) is 15.5. The van der Waals surface area contributed by atoms with Crippen LogP contribution in [0.1, 0.15) is 72.6 Å². The van der Waals surface area contributed by atoms with Crippen LogP contribution in [0.25, 0.3) is 0 Å². The van der Waals surface area contributed by atoms with Crippen LogP contribution in [0.5, 0.6) is 5.75 Å². The molecule has 1 aromatic carbocycles. The number of rotatable bonds is 18. The Morgan fingerprint density at radius 3 is 2.27 bits per heavy atom. The van der Waals surface area contributed by atoms with Crippen LogP contribution in [0.4, 0.5) is 5.69 Å². The minimum absolute atomic E-state index is 0.166. The Labute approximate surface area is 198 Å². The van der Waals surface area contributed by atoms with Gasteiger partial charge in [0.2, 0.25) is 0 Å². The highest BCUT2D eigenvalue weighted by atomic mass is 16.6. The molecule has 0 bridgehead atoms. The van der Waals surface area contributed by atoms with E-state index in [4.69, 9.17) is 18.9 Å². The maximum absolute atomic E-state index is 12.1. The van der Waals surface area contributed by atoms with Crippen LogP contribution in [0.3, 0.4) is 0 Å².